The van der Waals surface area contributed by atoms with Crippen LogP contribution >= 0.6 is 0 Å². The molecule has 2 aliphatic rings. The third kappa shape index (κ3) is 5.03. The van der Waals surface area contributed by atoms with Gasteiger partial charge in [0.25, 0.3) is 5.91 Å². The summed E-state index contributed by atoms with van der Waals surface area (Å²) in [7, 11) is 1.57. The molecule has 0 aromatic heterocycles. The third-order valence-electron chi connectivity index (χ3n) is 6.27. The third-order valence-corrected chi connectivity index (χ3v) is 6.27. The highest BCUT2D eigenvalue weighted by molar-refractivity contribution is 6.10. The molecule has 35 heavy (non-hydrogen) atoms. The van der Waals surface area contributed by atoms with Crippen molar-refractivity contribution in [3.05, 3.63) is 59.8 Å². The number of carbonyl (C=O) groups is 3. The van der Waals surface area contributed by atoms with Gasteiger partial charge >= 0.3 is 0 Å². The SMILES string of the molecule is C=NN(C1=C(CC(N)=O)CCN(c2ccc(N3CCCCC3=O)cc2)C1=O)c1ccc(OC)cc1. The summed E-state index contributed by atoms with van der Waals surface area (Å²) in [6.45, 7) is 4.75. The van der Waals surface area contributed by atoms with Gasteiger partial charge in [0.1, 0.15) is 11.4 Å². The Morgan fingerprint density at radius 2 is 1.66 bits per heavy atom. The van der Waals surface area contributed by atoms with Gasteiger partial charge in [0.15, 0.2) is 0 Å². The van der Waals surface area contributed by atoms with Crippen molar-refractivity contribution >= 4 is 41.5 Å². The molecule has 1 fully saturated rings. The van der Waals surface area contributed by atoms with Gasteiger partial charge in [-0.15, -0.1) is 0 Å². The van der Waals surface area contributed by atoms with Gasteiger partial charge in [-0.2, -0.15) is 5.10 Å². The zero-order valence-electron chi connectivity index (χ0n) is 19.8. The van der Waals surface area contributed by atoms with Crippen molar-refractivity contribution in [1.82, 2.24) is 0 Å². The Morgan fingerprint density at radius 3 is 2.23 bits per heavy atom. The van der Waals surface area contributed by atoms with E-state index in [1.54, 1.807) is 41.2 Å². The maximum atomic E-state index is 13.8. The maximum Gasteiger partial charge on any atom is 0.276 e. The van der Waals surface area contributed by atoms with Crippen LogP contribution < -0.4 is 25.3 Å². The van der Waals surface area contributed by atoms with E-state index in [0.29, 0.717) is 48.6 Å². The Kier molecular flexibility index (Phi) is 7.14. The molecule has 4 rings (SSSR count). The summed E-state index contributed by atoms with van der Waals surface area (Å²) >= 11 is 0. The van der Waals surface area contributed by atoms with Gasteiger partial charge in [0.05, 0.1) is 19.2 Å². The van der Waals surface area contributed by atoms with Crippen molar-refractivity contribution in [3.63, 3.8) is 0 Å². The highest BCUT2D eigenvalue weighted by Crippen LogP contribution is 2.33. The molecule has 0 radical (unpaired) electrons. The van der Waals surface area contributed by atoms with Gasteiger partial charge in [-0.05, 0) is 73.4 Å². The second kappa shape index (κ2) is 10.4. The van der Waals surface area contributed by atoms with Crippen LogP contribution in [0.4, 0.5) is 17.1 Å². The average molecular weight is 476 g/mol. The molecule has 0 saturated carbocycles. The normalized spacial score (nSPS) is 16.4. The largest absolute Gasteiger partial charge is 0.497 e. The van der Waals surface area contributed by atoms with E-state index in [0.717, 1.165) is 18.5 Å². The summed E-state index contributed by atoms with van der Waals surface area (Å²) in [5.74, 6) is -0.0508. The van der Waals surface area contributed by atoms with Crippen molar-refractivity contribution in [2.45, 2.75) is 32.1 Å². The first kappa shape index (κ1) is 24.0. The molecule has 2 aromatic carbocycles. The smallest absolute Gasteiger partial charge is 0.276 e. The van der Waals surface area contributed by atoms with Gasteiger partial charge < -0.3 is 20.3 Å². The Labute approximate surface area is 204 Å². The lowest BCUT2D eigenvalue weighted by molar-refractivity contribution is -0.120. The number of primary amides is 1. The molecule has 9 nitrogen and oxygen atoms in total. The van der Waals surface area contributed by atoms with Gasteiger partial charge in [0, 0.05) is 37.6 Å². The van der Waals surface area contributed by atoms with Crippen LogP contribution in [0.2, 0.25) is 0 Å². The zero-order valence-corrected chi connectivity index (χ0v) is 19.8. The van der Waals surface area contributed by atoms with E-state index < -0.39 is 5.91 Å². The van der Waals surface area contributed by atoms with Crippen molar-refractivity contribution < 1.29 is 19.1 Å². The van der Waals surface area contributed by atoms with Crippen LogP contribution in [-0.2, 0) is 14.4 Å². The minimum atomic E-state index is -0.520. The number of methoxy groups -OCH3 is 1. The second-order valence-corrected chi connectivity index (χ2v) is 8.47. The van der Waals surface area contributed by atoms with Gasteiger partial charge in [0.2, 0.25) is 11.8 Å². The predicted molar refractivity (Wildman–Crippen MR) is 135 cm³/mol. The number of rotatable bonds is 8. The molecule has 0 aliphatic carbocycles. The molecule has 2 aliphatic heterocycles. The summed E-state index contributed by atoms with van der Waals surface area (Å²) < 4.78 is 5.22. The van der Waals surface area contributed by atoms with Crippen LogP contribution in [0.25, 0.3) is 0 Å². The first-order valence-electron chi connectivity index (χ1n) is 11.6. The molecule has 2 heterocycles. The molecule has 3 amide bonds. The monoisotopic (exact) mass is 475 g/mol. The summed E-state index contributed by atoms with van der Waals surface area (Å²) in [6, 6.07) is 14.4. The lowest BCUT2D eigenvalue weighted by Gasteiger charge is -2.34. The topological polar surface area (TPSA) is 109 Å². The summed E-state index contributed by atoms with van der Waals surface area (Å²) in [4.78, 5) is 41.2. The number of nitrogens with two attached hydrogens (primary N) is 1. The van der Waals surface area contributed by atoms with E-state index in [-0.39, 0.29) is 23.9 Å². The van der Waals surface area contributed by atoms with Crippen LogP contribution in [-0.4, -0.2) is 44.6 Å². The number of hydrogen-bond donors (Lipinski definition) is 1. The molecule has 9 heteroatoms. The number of benzene rings is 2. The van der Waals surface area contributed by atoms with E-state index >= 15 is 0 Å². The van der Waals surface area contributed by atoms with E-state index in [4.69, 9.17) is 10.5 Å². The standard InChI is InChI=1S/C26H29N5O4/c1-28-31(21-10-12-22(35-2)13-11-21)25-18(17-23(27)32)14-16-30(26(25)34)20-8-6-19(7-9-20)29-15-4-3-5-24(29)33/h6-13H,1,3-5,14-17H2,2H3,(H2,27,32). The number of nitrogens with zero attached hydrogens (tertiary/aromatic N) is 4. The highest BCUT2D eigenvalue weighted by Gasteiger charge is 2.33. The van der Waals surface area contributed by atoms with Gasteiger partial charge in [-0.1, -0.05) is 0 Å². The summed E-state index contributed by atoms with van der Waals surface area (Å²) in [5.41, 5.74) is 8.46. The van der Waals surface area contributed by atoms with E-state index in [1.165, 1.54) is 5.01 Å². The Bertz CT molecular complexity index is 1160. The molecular formula is C26H29N5O4. The fourth-order valence-corrected chi connectivity index (χ4v) is 4.51. The van der Waals surface area contributed by atoms with Crippen molar-refractivity contribution in [2.75, 3.05) is 35.0 Å². The molecule has 2 N–H and O–H groups in total. The number of anilines is 3. The number of hydrogen-bond acceptors (Lipinski definition) is 6. The lowest BCUT2D eigenvalue weighted by Crippen LogP contribution is -2.42. The summed E-state index contributed by atoms with van der Waals surface area (Å²) in [5, 5.41) is 5.54. The van der Waals surface area contributed by atoms with Gasteiger partial charge in [-0.3, -0.25) is 14.4 Å². The number of amides is 3. The fourth-order valence-electron chi connectivity index (χ4n) is 4.51. The molecule has 2 aromatic rings. The first-order chi connectivity index (χ1) is 16.9. The molecule has 182 valence electrons. The zero-order chi connectivity index (χ0) is 24.9. The van der Waals surface area contributed by atoms with Crippen molar-refractivity contribution in [1.29, 1.82) is 0 Å². The number of hydrazone groups is 1. The first-order valence-corrected chi connectivity index (χ1v) is 11.6. The minimum absolute atomic E-state index is 0.0485. The van der Waals surface area contributed by atoms with E-state index in [2.05, 4.69) is 11.8 Å². The molecule has 0 spiro atoms. The quantitative estimate of drug-likeness (QED) is 0.466. The Balaban J connectivity index is 1.66. The van der Waals surface area contributed by atoms with E-state index in [9.17, 15) is 14.4 Å². The number of carbonyl (C=O) groups excluding carboxylic acids is 3. The number of ether oxygens (including phenoxy) is 1. The Morgan fingerprint density at radius 1 is 1.00 bits per heavy atom. The summed E-state index contributed by atoms with van der Waals surface area (Å²) in [6.07, 6.45) is 2.86. The average Bonchev–Trinajstić information content (AvgIpc) is 2.87. The van der Waals surface area contributed by atoms with Crippen LogP contribution in [0.1, 0.15) is 32.1 Å². The van der Waals surface area contributed by atoms with Gasteiger partial charge in [-0.25, -0.2) is 5.01 Å². The van der Waals surface area contributed by atoms with Crippen LogP contribution in [0, 0.1) is 0 Å². The second-order valence-electron chi connectivity index (χ2n) is 8.47. The number of piperidine rings is 1. The lowest BCUT2D eigenvalue weighted by atomic mass is 9.99. The predicted octanol–water partition coefficient (Wildman–Crippen LogP) is 3.20. The van der Waals surface area contributed by atoms with Crippen molar-refractivity contribution in [2.24, 2.45) is 10.8 Å². The molecular weight excluding hydrogens is 446 g/mol. The molecule has 0 unspecified atom stereocenters. The minimum Gasteiger partial charge on any atom is -0.497 e. The fraction of sp³-hybridized carbons (Fsp3) is 0.308. The molecule has 1 saturated heterocycles. The Hall–Kier alpha value is -4.14. The van der Waals surface area contributed by atoms with Crippen LogP contribution in [0.15, 0.2) is 64.9 Å². The van der Waals surface area contributed by atoms with E-state index in [1.807, 2.05) is 24.3 Å². The molecule has 0 atom stereocenters. The molecule has 0 bridgehead atoms. The maximum absolute atomic E-state index is 13.8. The van der Waals surface area contributed by atoms with Crippen LogP contribution in [0.3, 0.4) is 0 Å². The highest BCUT2D eigenvalue weighted by atomic mass is 16.5. The van der Waals surface area contributed by atoms with Crippen LogP contribution in [0.5, 0.6) is 5.75 Å². The van der Waals surface area contributed by atoms with Crippen molar-refractivity contribution in [3.8, 4) is 5.75 Å².